The summed E-state index contributed by atoms with van der Waals surface area (Å²) < 4.78 is 5.74. The zero-order valence-corrected chi connectivity index (χ0v) is 9.97. The zero-order valence-electron chi connectivity index (χ0n) is 9.97. The number of rotatable bonds is 6. The summed E-state index contributed by atoms with van der Waals surface area (Å²) in [5, 5.41) is 3.41. The summed E-state index contributed by atoms with van der Waals surface area (Å²) in [6.07, 6.45) is 1.89. The van der Waals surface area contributed by atoms with Crippen LogP contribution < -0.4 is 5.32 Å². The van der Waals surface area contributed by atoms with Crippen molar-refractivity contribution in [1.82, 2.24) is 5.32 Å². The molecule has 0 bridgehead atoms. The number of aryl methyl sites for hydroxylation is 1. The molecule has 0 spiro atoms. The normalized spacial score (nSPS) is 12.7. The molecular formula is C13H21NO. The van der Waals surface area contributed by atoms with Gasteiger partial charge >= 0.3 is 0 Å². The summed E-state index contributed by atoms with van der Waals surface area (Å²) in [7, 11) is 0. The van der Waals surface area contributed by atoms with E-state index < -0.39 is 0 Å². The van der Waals surface area contributed by atoms with Crippen LogP contribution in [0.1, 0.15) is 44.8 Å². The molecule has 2 heteroatoms. The first kappa shape index (κ1) is 12.1. The Bertz CT molecular complexity index is 314. The third kappa shape index (κ3) is 3.56. The van der Waals surface area contributed by atoms with Crippen molar-refractivity contribution in [2.24, 2.45) is 0 Å². The average Bonchev–Trinajstić information content (AvgIpc) is 2.64. The van der Waals surface area contributed by atoms with E-state index in [9.17, 15) is 0 Å². The molecule has 84 valence electrons. The molecule has 1 rings (SSSR count). The third-order valence-corrected chi connectivity index (χ3v) is 2.38. The highest BCUT2D eigenvalue weighted by molar-refractivity contribution is 5.13. The van der Waals surface area contributed by atoms with Gasteiger partial charge in [-0.15, -0.1) is 6.58 Å². The van der Waals surface area contributed by atoms with Crippen LogP contribution in [0.3, 0.4) is 0 Å². The van der Waals surface area contributed by atoms with Crippen LogP contribution in [-0.2, 0) is 6.42 Å². The van der Waals surface area contributed by atoms with Crippen LogP contribution >= 0.6 is 0 Å². The Hall–Kier alpha value is -1.02. The maximum Gasteiger partial charge on any atom is 0.121 e. The van der Waals surface area contributed by atoms with E-state index in [-0.39, 0.29) is 6.04 Å². The second-order valence-electron chi connectivity index (χ2n) is 3.93. The second kappa shape index (κ2) is 5.76. The van der Waals surface area contributed by atoms with E-state index in [1.807, 2.05) is 6.92 Å². The molecule has 0 aromatic carbocycles. The van der Waals surface area contributed by atoms with E-state index in [2.05, 4.69) is 37.9 Å². The Labute approximate surface area is 92.4 Å². The monoisotopic (exact) mass is 207 g/mol. The van der Waals surface area contributed by atoms with Gasteiger partial charge in [-0.2, -0.15) is 0 Å². The number of nitrogens with one attached hydrogen (secondary N) is 1. The van der Waals surface area contributed by atoms with Gasteiger partial charge in [0.1, 0.15) is 11.5 Å². The Morgan fingerprint density at radius 3 is 2.67 bits per heavy atom. The van der Waals surface area contributed by atoms with E-state index in [0.29, 0.717) is 0 Å². The number of hydrogen-bond donors (Lipinski definition) is 1. The van der Waals surface area contributed by atoms with Crippen molar-refractivity contribution >= 4 is 0 Å². The molecule has 1 unspecified atom stereocenters. The summed E-state index contributed by atoms with van der Waals surface area (Å²) in [6.45, 7) is 11.1. The quantitative estimate of drug-likeness (QED) is 0.723. The Morgan fingerprint density at radius 1 is 1.47 bits per heavy atom. The van der Waals surface area contributed by atoms with E-state index >= 15 is 0 Å². The van der Waals surface area contributed by atoms with Crippen LogP contribution in [0, 0.1) is 0 Å². The van der Waals surface area contributed by atoms with Crippen molar-refractivity contribution in [1.29, 1.82) is 0 Å². The molecule has 0 fully saturated rings. The van der Waals surface area contributed by atoms with E-state index in [1.165, 1.54) is 5.57 Å². The maximum absolute atomic E-state index is 5.74. The Kier molecular flexibility index (Phi) is 4.63. The molecule has 0 amide bonds. The first-order chi connectivity index (χ1) is 7.17. The molecule has 0 saturated heterocycles. The van der Waals surface area contributed by atoms with Gasteiger partial charge in [0.25, 0.3) is 0 Å². The molecular weight excluding hydrogens is 186 g/mol. The fourth-order valence-corrected chi connectivity index (χ4v) is 1.64. The lowest BCUT2D eigenvalue weighted by Gasteiger charge is -2.15. The van der Waals surface area contributed by atoms with Gasteiger partial charge in [0, 0.05) is 6.42 Å². The largest absolute Gasteiger partial charge is 0.464 e. The van der Waals surface area contributed by atoms with E-state index in [4.69, 9.17) is 4.42 Å². The molecule has 1 aromatic rings. The van der Waals surface area contributed by atoms with Gasteiger partial charge in [-0.1, -0.05) is 19.4 Å². The van der Waals surface area contributed by atoms with Crippen LogP contribution in [0.4, 0.5) is 0 Å². The molecule has 0 radical (unpaired) electrons. The van der Waals surface area contributed by atoms with E-state index in [1.54, 1.807) is 0 Å². The smallest absolute Gasteiger partial charge is 0.121 e. The predicted molar refractivity (Wildman–Crippen MR) is 63.9 cm³/mol. The van der Waals surface area contributed by atoms with Crippen molar-refractivity contribution in [3.8, 4) is 0 Å². The summed E-state index contributed by atoms with van der Waals surface area (Å²) in [5.41, 5.74) is 1.18. The molecule has 2 nitrogen and oxygen atoms in total. The van der Waals surface area contributed by atoms with Crippen LogP contribution in [0.25, 0.3) is 0 Å². The molecule has 0 aliphatic heterocycles. The van der Waals surface area contributed by atoms with Gasteiger partial charge in [-0.05, 0) is 32.0 Å². The minimum atomic E-state index is 0.271. The lowest BCUT2D eigenvalue weighted by atomic mass is 10.1. The number of hydrogen-bond acceptors (Lipinski definition) is 2. The molecule has 15 heavy (non-hydrogen) atoms. The van der Waals surface area contributed by atoms with Gasteiger partial charge in [-0.3, -0.25) is 0 Å². The number of furan rings is 1. The fraction of sp³-hybridized carbons (Fsp3) is 0.538. The lowest BCUT2D eigenvalue weighted by Crippen LogP contribution is -2.20. The maximum atomic E-state index is 5.74. The molecule has 1 atom stereocenters. The lowest BCUT2D eigenvalue weighted by molar-refractivity contribution is 0.396. The zero-order chi connectivity index (χ0) is 11.3. The van der Waals surface area contributed by atoms with Crippen molar-refractivity contribution in [2.75, 3.05) is 6.54 Å². The van der Waals surface area contributed by atoms with Crippen LogP contribution in [0.15, 0.2) is 28.7 Å². The SMILES string of the molecule is C=C(C)CC(NCC)c1ccc(CC)o1. The predicted octanol–water partition coefficient (Wildman–Crippen LogP) is 3.46. The van der Waals surface area contributed by atoms with Gasteiger partial charge in [-0.25, -0.2) is 0 Å². The van der Waals surface area contributed by atoms with E-state index in [0.717, 1.165) is 30.9 Å². The fourth-order valence-electron chi connectivity index (χ4n) is 1.64. The van der Waals surface area contributed by atoms with Gasteiger partial charge in [0.15, 0.2) is 0 Å². The first-order valence-corrected chi connectivity index (χ1v) is 5.63. The molecule has 0 aliphatic carbocycles. The summed E-state index contributed by atoms with van der Waals surface area (Å²) >= 11 is 0. The summed E-state index contributed by atoms with van der Waals surface area (Å²) in [4.78, 5) is 0. The summed E-state index contributed by atoms with van der Waals surface area (Å²) in [6, 6.07) is 4.39. The van der Waals surface area contributed by atoms with Crippen molar-refractivity contribution in [3.05, 3.63) is 35.8 Å². The highest BCUT2D eigenvalue weighted by Gasteiger charge is 2.14. The van der Waals surface area contributed by atoms with Gasteiger partial charge in [0.05, 0.1) is 6.04 Å². The average molecular weight is 207 g/mol. The third-order valence-electron chi connectivity index (χ3n) is 2.38. The van der Waals surface area contributed by atoms with Crippen molar-refractivity contribution in [3.63, 3.8) is 0 Å². The highest BCUT2D eigenvalue weighted by Crippen LogP contribution is 2.22. The molecule has 1 N–H and O–H groups in total. The van der Waals surface area contributed by atoms with Gasteiger partial charge in [0.2, 0.25) is 0 Å². The van der Waals surface area contributed by atoms with Crippen LogP contribution in [0.2, 0.25) is 0 Å². The molecule has 0 saturated carbocycles. The highest BCUT2D eigenvalue weighted by atomic mass is 16.3. The molecule has 1 aromatic heterocycles. The minimum absolute atomic E-state index is 0.271. The molecule has 0 aliphatic rings. The van der Waals surface area contributed by atoms with Crippen molar-refractivity contribution in [2.45, 2.75) is 39.7 Å². The van der Waals surface area contributed by atoms with Crippen molar-refractivity contribution < 1.29 is 4.42 Å². The molecule has 1 heterocycles. The Morgan fingerprint density at radius 2 is 2.20 bits per heavy atom. The summed E-state index contributed by atoms with van der Waals surface area (Å²) in [5.74, 6) is 2.08. The topological polar surface area (TPSA) is 25.2 Å². The van der Waals surface area contributed by atoms with Crippen LogP contribution in [0.5, 0.6) is 0 Å². The Balaban J connectivity index is 2.73. The van der Waals surface area contributed by atoms with Crippen LogP contribution in [-0.4, -0.2) is 6.54 Å². The second-order valence-corrected chi connectivity index (χ2v) is 3.93. The van der Waals surface area contributed by atoms with Gasteiger partial charge < -0.3 is 9.73 Å². The minimum Gasteiger partial charge on any atom is -0.464 e. The standard InChI is InChI=1S/C13H21NO/c1-5-11-7-8-13(15-11)12(14-6-2)9-10(3)4/h7-8,12,14H,3,5-6,9H2,1-2,4H3. The first-order valence-electron chi connectivity index (χ1n) is 5.63.